The Morgan fingerprint density at radius 1 is 1.50 bits per heavy atom. The first-order chi connectivity index (χ1) is 7.67. The van der Waals surface area contributed by atoms with Crippen LogP contribution in [0.2, 0.25) is 0 Å². The molecule has 0 spiro atoms. The maximum atomic E-state index is 11.6. The van der Waals surface area contributed by atoms with Crippen LogP contribution in [0.15, 0.2) is 0 Å². The first-order valence-electron chi connectivity index (χ1n) is 6.33. The average molecular weight is 227 g/mol. The van der Waals surface area contributed by atoms with Gasteiger partial charge in [0.1, 0.15) is 0 Å². The molecule has 0 bridgehead atoms. The van der Waals surface area contributed by atoms with Crippen molar-refractivity contribution in [1.82, 2.24) is 15.5 Å². The van der Waals surface area contributed by atoms with Gasteiger partial charge >= 0.3 is 0 Å². The smallest absolute Gasteiger partial charge is 0.234 e. The predicted molar refractivity (Wildman–Crippen MR) is 66.4 cm³/mol. The minimum atomic E-state index is 0.164. The topological polar surface area (TPSA) is 44.4 Å². The van der Waals surface area contributed by atoms with Crippen molar-refractivity contribution in [2.75, 3.05) is 33.2 Å². The lowest BCUT2D eigenvalue weighted by Gasteiger charge is -2.36. The van der Waals surface area contributed by atoms with Crippen molar-refractivity contribution in [3.8, 4) is 0 Å². The molecule has 0 aliphatic carbocycles. The average Bonchev–Trinajstić information content (AvgIpc) is 2.26. The molecule has 1 aliphatic heterocycles. The Hall–Kier alpha value is -0.610. The number of nitrogens with one attached hydrogen (secondary N) is 2. The van der Waals surface area contributed by atoms with E-state index in [9.17, 15) is 4.79 Å². The van der Waals surface area contributed by atoms with E-state index in [0.29, 0.717) is 18.5 Å². The van der Waals surface area contributed by atoms with Crippen LogP contribution in [-0.4, -0.2) is 50.1 Å². The molecule has 1 saturated heterocycles. The third-order valence-electron chi connectivity index (χ3n) is 3.30. The Bertz CT molecular complexity index is 220. The molecule has 1 heterocycles. The van der Waals surface area contributed by atoms with Crippen molar-refractivity contribution in [2.24, 2.45) is 5.92 Å². The first-order valence-corrected chi connectivity index (χ1v) is 6.33. The second-order valence-electron chi connectivity index (χ2n) is 4.75. The molecule has 0 aromatic carbocycles. The van der Waals surface area contributed by atoms with E-state index in [1.807, 2.05) is 7.05 Å². The SMILES string of the molecule is CCCNC(=O)CN1CCC(NC)C(C)C1. The summed E-state index contributed by atoms with van der Waals surface area (Å²) in [5.74, 6) is 0.787. The van der Waals surface area contributed by atoms with E-state index in [1.165, 1.54) is 0 Å². The Balaban J connectivity index is 2.26. The molecular formula is C12H25N3O. The van der Waals surface area contributed by atoms with E-state index < -0.39 is 0 Å². The molecule has 1 aliphatic rings. The van der Waals surface area contributed by atoms with Crippen LogP contribution in [-0.2, 0) is 4.79 Å². The van der Waals surface area contributed by atoms with Crippen LogP contribution in [0.3, 0.4) is 0 Å². The molecule has 0 aromatic heterocycles. The Morgan fingerprint density at radius 2 is 2.25 bits per heavy atom. The Kier molecular flexibility index (Phi) is 5.77. The van der Waals surface area contributed by atoms with Crippen LogP contribution >= 0.6 is 0 Å². The zero-order valence-electron chi connectivity index (χ0n) is 10.8. The van der Waals surface area contributed by atoms with Crippen molar-refractivity contribution in [2.45, 2.75) is 32.7 Å². The third kappa shape index (κ3) is 4.10. The van der Waals surface area contributed by atoms with Gasteiger partial charge in [-0.3, -0.25) is 9.69 Å². The summed E-state index contributed by atoms with van der Waals surface area (Å²) in [4.78, 5) is 13.8. The van der Waals surface area contributed by atoms with E-state index in [4.69, 9.17) is 0 Å². The lowest BCUT2D eigenvalue weighted by molar-refractivity contribution is -0.122. The second kappa shape index (κ2) is 6.86. The normalized spacial score (nSPS) is 26.7. The number of hydrogen-bond donors (Lipinski definition) is 2. The molecule has 2 unspecified atom stereocenters. The lowest BCUT2D eigenvalue weighted by Crippen LogP contribution is -2.49. The van der Waals surface area contributed by atoms with Gasteiger partial charge in [-0.2, -0.15) is 0 Å². The summed E-state index contributed by atoms with van der Waals surface area (Å²) in [6, 6.07) is 0.606. The zero-order chi connectivity index (χ0) is 12.0. The van der Waals surface area contributed by atoms with Crippen molar-refractivity contribution in [1.29, 1.82) is 0 Å². The Morgan fingerprint density at radius 3 is 2.81 bits per heavy atom. The van der Waals surface area contributed by atoms with E-state index in [0.717, 1.165) is 32.5 Å². The third-order valence-corrected chi connectivity index (χ3v) is 3.30. The number of hydrogen-bond acceptors (Lipinski definition) is 3. The number of carbonyl (C=O) groups is 1. The summed E-state index contributed by atoms with van der Waals surface area (Å²) in [6.07, 6.45) is 2.14. The molecule has 4 heteroatoms. The number of likely N-dealkylation sites (tertiary alicyclic amines) is 1. The van der Waals surface area contributed by atoms with Crippen LogP contribution in [0, 0.1) is 5.92 Å². The highest BCUT2D eigenvalue weighted by Gasteiger charge is 2.25. The quantitative estimate of drug-likeness (QED) is 0.716. The molecular weight excluding hydrogens is 202 g/mol. The molecule has 2 atom stereocenters. The first kappa shape index (κ1) is 13.5. The maximum absolute atomic E-state index is 11.6. The van der Waals surface area contributed by atoms with Crippen LogP contribution < -0.4 is 10.6 Å². The molecule has 16 heavy (non-hydrogen) atoms. The van der Waals surface area contributed by atoms with Gasteiger partial charge in [-0.1, -0.05) is 13.8 Å². The van der Waals surface area contributed by atoms with E-state index in [2.05, 4.69) is 29.4 Å². The predicted octanol–water partition coefficient (Wildman–Crippen LogP) is 0.442. The van der Waals surface area contributed by atoms with Gasteiger partial charge in [-0.25, -0.2) is 0 Å². The highest BCUT2D eigenvalue weighted by molar-refractivity contribution is 5.77. The molecule has 0 aromatic rings. The monoisotopic (exact) mass is 227 g/mol. The number of nitrogens with zero attached hydrogens (tertiary/aromatic N) is 1. The van der Waals surface area contributed by atoms with Gasteiger partial charge in [0.05, 0.1) is 6.54 Å². The molecule has 4 nitrogen and oxygen atoms in total. The number of carbonyl (C=O) groups excluding carboxylic acids is 1. The van der Waals surface area contributed by atoms with Gasteiger partial charge < -0.3 is 10.6 Å². The number of rotatable bonds is 5. The summed E-state index contributed by atoms with van der Waals surface area (Å²) in [5, 5.41) is 6.26. The van der Waals surface area contributed by atoms with E-state index >= 15 is 0 Å². The minimum Gasteiger partial charge on any atom is -0.355 e. The van der Waals surface area contributed by atoms with Gasteiger partial charge in [-0.15, -0.1) is 0 Å². The fourth-order valence-electron chi connectivity index (χ4n) is 2.33. The summed E-state index contributed by atoms with van der Waals surface area (Å²) in [6.45, 7) is 7.71. The van der Waals surface area contributed by atoms with Gasteiger partial charge in [0.25, 0.3) is 0 Å². The van der Waals surface area contributed by atoms with Crippen LogP contribution in [0.1, 0.15) is 26.7 Å². The lowest BCUT2D eigenvalue weighted by atomic mass is 9.94. The molecule has 1 amide bonds. The molecule has 94 valence electrons. The summed E-state index contributed by atoms with van der Waals surface area (Å²) >= 11 is 0. The van der Waals surface area contributed by atoms with Crippen LogP contribution in [0.4, 0.5) is 0 Å². The molecule has 1 fully saturated rings. The van der Waals surface area contributed by atoms with E-state index in [1.54, 1.807) is 0 Å². The fraction of sp³-hybridized carbons (Fsp3) is 0.917. The minimum absolute atomic E-state index is 0.164. The van der Waals surface area contributed by atoms with Crippen molar-refractivity contribution in [3.05, 3.63) is 0 Å². The summed E-state index contributed by atoms with van der Waals surface area (Å²) in [5.41, 5.74) is 0. The van der Waals surface area contributed by atoms with Crippen LogP contribution in [0.5, 0.6) is 0 Å². The zero-order valence-corrected chi connectivity index (χ0v) is 10.8. The molecule has 1 rings (SSSR count). The second-order valence-corrected chi connectivity index (χ2v) is 4.75. The Labute approximate surface area is 98.8 Å². The molecule has 0 saturated carbocycles. The number of piperidine rings is 1. The van der Waals surface area contributed by atoms with Gasteiger partial charge in [0.2, 0.25) is 5.91 Å². The largest absolute Gasteiger partial charge is 0.355 e. The van der Waals surface area contributed by atoms with Gasteiger partial charge in [0.15, 0.2) is 0 Å². The number of amides is 1. The van der Waals surface area contributed by atoms with Crippen molar-refractivity contribution >= 4 is 5.91 Å². The summed E-state index contributed by atoms with van der Waals surface area (Å²) in [7, 11) is 2.02. The highest BCUT2D eigenvalue weighted by atomic mass is 16.2. The standard InChI is InChI=1S/C12H25N3O/c1-4-6-14-12(16)9-15-7-5-11(13-3)10(2)8-15/h10-11,13H,4-9H2,1-3H3,(H,14,16). The fourth-order valence-corrected chi connectivity index (χ4v) is 2.33. The summed E-state index contributed by atoms with van der Waals surface area (Å²) < 4.78 is 0. The highest BCUT2D eigenvalue weighted by Crippen LogP contribution is 2.15. The van der Waals surface area contributed by atoms with Gasteiger partial charge in [-0.05, 0) is 25.8 Å². The van der Waals surface area contributed by atoms with Gasteiger partial charge in [0, 0.05) is 25.7 Å². The van der Waals surface area contributed by atoms with Crippen molar-refractivity contribution in [3.63, 3.8) is 0 Å². The van der Waals surface area contributed by atoms with E-state index in [-0.39, 0.29) is 5.91 Å². The molecule has 0 radical (unpaired) electrons. The van der Waals surface area contributed by atoms with Crippen LogP contribution in [0.25, 0.3) is 0 Å². The molecule has 2 N–H and O–H groups in total. The van der Waals surface area contributed by atoms with Crippen molar-refractivity contribution < 1.29 is 4.79 Å². The maximum Gasteiger partial charge on any atom is 0.234 e.